The highest BCUT2D eigenvalue weighted by Gasteiger charge is 2.12. The fourth-order valence-electron chi connectivity index (χ4n) is 2.04. The van der Waals surface area contributed by atoms with Crippen LogP contribution in [0, 0.1) is 0 Å². The molecule has 1 saturated heterocycles. The van der Waals surface area contributed by atoms with Crippen molar-refractivity contribution in [3.63, 3.8) is 0 Å². The van der Waals surface area contributed by atoms with Gasteiger partial charge in [0.05, 0.1) is 6.61 Å². The molecular weight excluding hydrogens is 202 g/mol. The fraction of sp³-hybridized carbons (Fsp3) is 0.583. The summed E-state index contributed by atoms with van der Waals surface area (Å²) in [7, 11) is 1.96. The predicted molar refractivity (Wildman–Crippen MR) is 64.6 cm³/mol. The van der Waals surface area contributed by atoms with Crippen LogP contribution >= 0.6 is 0 Å². The highest BCUT2D eigenvalue weighted by Crippen LogP contribution is 2.20. The number of aromatic nitrogens is 1. The first-order valence-corrected chi connectivity index (χ1v) is 5.82. The van der Waals surface area contributed by atoms with Crippen LogP contribution in [0.25, 0.3) is 0 Å². The average Bonchev–Trinajstić information content (AvgIpc) is 2.59. The van der Waals surface area contributed by atoms with Crippen molar-refractivity contribution in [1.29, 1.82) is 0 Å². The van der Waals surface area contributed by atoms with Gasteiger partial charge in [0.1, 0.15) is 0 Å². The first-order chi connectivity index (χ1) is 7.92. The molecule has 0 atom stereocenters. The Hall–Kier alpha value is -1.13. The lowest BCUT2D eigenvalue weighted by atomic mass is 10.2. The number of nitrogens with zero attached hydrogens (tertiary/aromatic N) is 2. The molecule has 0 aliphatic carbocycles. The predicted octanol–water partition coefficient (Wildman–Crippen LogP) is 1.03. The Morgan fingerprint density at radius 2 is 2.38 bits per heavy atom. The Morgan fingerprint density at radius 3 is 3.25 bits per heavy atom. The normalized spacial score (nSPS) is 17.2. The second-order valence-corrected chi connectivity index (χ2v) is 3.99. The van der Waals surface area contributed by atoms with Gasteiger partial charge in [-0.3, -0.25) is 4.98 Å². The van der Waals surface area contributed by atoms with E-state index in [1.54, 1.807) is 0 Å². The third-order valence-corrected chi connectivity index (χ3v) is 2.81. The van der Waals surface area contributed by atoms with E-state index in [0.29, 0.717) is 0 Å². The van der Waals surface area contributed by atoms with Crippen LogP contribution < -0.4 is 10.2 Å². The van der Waals surface area contributed by atoms with Gasteiger partial charge in [-0.25, -0.2) is 0 Å². The molecule has 16 heavy (non-hydrogen) atoms. The third kappa shape index (κ3) is 2.71. The van der Waals surface area contributed by atoms with Crippen LogP contribution in [0.15, 0.2) is 18.5 Å². The zero-order valence-corrected chi connectivity index (χ0v) is 9.78. The number of hydrogen-bond acceptors (Lipinski definition) is 4. The summed E-state index contributed by atoms with van der Waals surface area (Å²) < 4.78 is 5.47. The lowest BCUT2D eigenvalue weighted by Gasteiger charge is -2.24. The minimum absolute atomic E-state index is 0.821. The molecule has 1 aromatic rings. The van der Waals surface area contributed by atoms with Crippen molar-refractivity contribution in [1.82, 2.24) is 10.3 Å². The molecule has 1 fully saturated rings. The molecule has 0 amide bonds. The average molecular weight is 221 g/mol. The summed E-state index contributed by atoms with van der Waals surface area (Å²) in [5.74, 6) is 0. The topological polar surface area (TPSA) is 37.4 Å². The molecule has 2 heterocycles. The summed E-state index contributed by atoms with van der Waals surface area (Å²) >= 11 is 0. The van der Waals surface area contributed by atoms with Gasteiger partial charge in [-0.15, -0.1) is 0 Å². The maximum Gasteiger partial charge on any atom is 0.0641 e. The van der Waals surface area contributed by atoms with Crippen molar-refractivity contribution in [2.45, 2.75) is 13.0 Å². The Morgan fingerprint density at radius 1 is 1.44 bits per heavy atom. The summed E-state index contributed by atoms with van der Waals surface area (Å²) in [4.78, 5) is 6.57. The van der Waals surface area contributed by atoms with Crippen LogP contribution in [0.5, 0.6) is 0 Å². The lowest BCUT2D eigenvalue weighted by Crippen LogP contribution is -2.27. The van der Waals surface area contributed by atoms with E-state index in [0.717, 1.165) is 39.3 Å². The van der Waals surface area contributed by atoms with Crippen molar-refractivity contribution in [3.8, 4) is 0 Å². The number of ether oxygens (including phenoxy) is 1. The second-order valence-electron chi connectivity index (χ2n) is 3.99. The number of hydrogen-bond donors (Lipinski definition) is 1. The van der Waals surface area contributed by atoms with Crippen LogP contribution in [0.3, 0.4) is 0 Å². The van der Waals surface area contributed by atoms with Gasteiger partial charge in [-0.1, -0.05) is 0 Å². The quantitative estimate of drug-likeness (QED) is 0.827. The van der Waals surface area contributed by atoms with Crippen molar-refractivity contribution >= 4 is 5.69 Å². The van der Waals surface area contributed by atoms with E-state index >= 15 is 0 Å². The molecule has 0 saturated carbocycles. The molecule has 88 valence electrons. The highest BCUT2D eigenvalue weighted by molar-refractivity contribution is 5.52. The van der Waals surface area contributed by atoms with Crippen molar-refractivity contribution < 1.29 is 4.74 Å². The van der Waals surface area contributed by atoms with Crippen LogP contribution in [-0.2, 0) is 11.3 Å². The van der Waals surface area contributed by atoms with Gasteiger partial charge >= 0.3 is 0 Å². The summed E-state index contributed by atoms with van der Waals surface area (Å²) in [5.41, 5.74) is 2.54. The standard InChI is InChI=1S/C12H19N3O/c1-13-9-11-10-14-4-3-12(11)15-5-2-7-16-8-6-15/h3-4,10,13H,2,5-9H2,1H3. The van der Waals surface area contributed by atoms with E-state index in [9.17, 15) is 0 Å². The smallest absolute Gasteiger partial charge is 0.0641 e. The monoisotopic (exact) mass is 221 g/mol. The summed E-state index contributed by atoms with van der Waals surface area (Å²) in [6, 6.07) is 2.10. The Balaban J connectivity index is 2.16. The maximum atomic E-state index is 5.47. The summed E-state index contributed by atoms with van der Waals surface area (Å²) in [6.45, 7) is 4.60. The molecule has 1 N–H and O–H groups in total. The van der Waals surface area contributed by atoms with E-state index in [1.165, 1.54) is 11.3 Å². The van der Waals surface area contributed by atoms with Gasteiger partial charge in [0, 0.05) is 49.9 Å². The Labute approximate surface area is 96.6 Å². The maximum absolute atomic E-state index is 5.47. The molecule has 0 radical (unpaired) electrons. The van der Waals surface area contributed by atoms with Crippen LogP contribution in [-0.4, -0.2) is 38.3 Å². The van der Waals surface area contributed by atoms with Gasteiger partial charge < -0.3 is 15.0 Å². The van der Waals surface area contributed by atoms with Crippen LogP contribution in [0.2, 0.25) is 0 Å². The first kappa shape index (κ1) is 11.4. The minimum atomic E-state index is 0.821. The minimum Gasteiger partial charge on any atom is -0.380 e. The number of anilines is 1. The first-order valence-electron chi connectivity index (χ1n) is 5.82. The number of nitrogens with one attached hydrogen (secondary N) is 1. The third-order valence-electron chi connectivity index (χ3n) is 2.81. The lowest BCUT2D eigenvalue weighted by molar-refractivity contribution is 0.152. The largest absolute Gasteiger partial charge is 0.380 e. The van der Waals surface area contributed by atoms with E-state index in [-0.39, 0.29) is 0 Å². The molecule has 4 heteroatoms. The number of rotatable bonds is 3. The van der Waals surface area contributed by atoms with Gasteiger partial charge in [0.15, 0.2) is 0 Å². The van der Waals surface area contributed by atoms with Crippen molar-refractivity contribution in [3.05, 3.63) is 24.0 Å². The molecule has 1 aliphatic rings. The van der Waals surface area contributed by atoms with Gasteiger partial charge in [0.25, 0.3) is 0 Å². The van der Waals surface area contributed by atoms with Gasteiger partial charge in [-0.05, 0) is 19.5 Å². The molecule has 2 rings (SSSR count). The number of pyridine rings is 1. The molecule has 0 bridgehead atoms. The highest BCUT2D eigenvalue weighted by atomic mass is 16.5. The van der Waals surface area contributed by atoms with Crippen LogP contribution in [0.1, 0.15) is 12.0 Å². The second kappa shape index (κ2) is 5.82. The molecule has 0 spiro atoms. The van der Waals surface area contributed by atoms with Gasteiger partial charge in [-0.2, -0.15) is 0 Å². The van der Waals surface area contributed by atoms with Gasteiger partial charge in [0.2, 0.25) is 0 Å². The summed E-state index contributed by atoms with van der Waals surface area (Å²) in [6.07, 6.45) is 4.90. The van der Waals surface area contributed by atoms with Crippen molar-refractivity contribution in [2.75, 3.05) is 38.3 Å². The molecule has 0 aromatic carbocycles. The molecule has 0 unspecified atom stereocenters. The SMILES string of the molecule is CNCc1cnccc1N1CCCOCC1. The molecular formula is C12H19N3O. The zero-order chi connectivity index (χ0) is 11.2. The van der Waals surface area contributed by atoms with E-state index in [2.05, 4.69) is 21.3 Å². The Kier molecular flexibility index (Phi) is 4.13. The fourth-order valence-corrected chi connectivity index (χ4v) is 2.04. The molecule has 4 nitrogen and oxygen atoms in total. The molecule has 1 aliphatic heterocycles. The zero-order valence-electron chi connectivity index (χ0n) is 9.78. The van der Waals surface area contributed by atoms with E-state index in [4.69, 9.17) is 4.74 Å². The molecule has 1 aromatic heterocycles. The van der Waals surface area contributed by atoms with E-state index in [1.807, 2.05) is 19.4 Å². The summed E-state index contributed by atoms with van der Waals surface area (Å²) in [5, 5.41) is 3.18. The van der Waals surface area contributed by atoms with Crippen LogP contribution in [0.4, 0.5) is 5.69 Å². The van der Waals surface area contributed by atoms with E-state index < -0.39 is 0 Å². The Bertz CT molecular complexity index is 322. The van der Waals surface area contributed by atoms with Crippen molar-refractivity contribution in [2.24, 2.45) is 0 Å².